The van der Waals surface area contributed by atoms with Crippen LogP contribution in [0.2, 0.25) is 0 Å². The first-order chi connectivity index (χ1) is 12.4. The van der Waals surface area contributed by atoms with Crippen molar-refractivity contribution in [2.24, 2.45) is 5.41 Å². The Bertz CT molecular complexity index is 797. The van der Waals surface area contributed by atoms with Gasteiger partial charge in [-0.2, -0.15) is 0 Å². The molecule has 2 aliphatic rings. The first-order valence-corrected chi connectivity index (χ1v) is 9.48. The van der Waals surface area contributed by atoms with Gasteiger partial charge in [0.15, 0.2) is 0 Å². The third kappa shape index (κ3) is 2.86. The molecule has 26 heavy (non-hydrogen) atoms. The van der Waals surface area contributed by atoms with E-state index in [-0.39, 0.29) is 29.3 Å². The van der Waals surface area contributed by atoms with Crippen LogP contribution in [0.15, 0.2) is 48.5 Å². The summed E-state index contributed by atoms with van der Waals surface area (Å²) in [5.41, 5.74) is 4.65. The van der Waals surface area contributed by atoms with Crippen LogP contribution in [-0.2, 0) is 9.53 Å². The van der Waals surface area contributed by atoms with E-state index in [4.69, 9.17) is 4.74 Å². The van der Waals surface area contributed by atoms with Crippen LogP contribution in [0.4, 0.5) is 0 Å². The van der Waals surface area contributed by atoms with Gasteiger partial charge in [0.2, 0.25) is 5.91 Å². The van der Waals surface area contributed by atoms with Gasteiger partial charge >= 0.3 is 0 Å². The Labute approximate surface area is 156 Å². The number of hydrogen-bond acceptors (Lipinski definition) is 2. The van der Waals surface area contributed by atoms with Crippen LogP contribution >= 0.6 is 0 Å². The molecular formula is C22H26BNO2. The van der Waals surface area contributed by atoms with Crippen LogP contribution in [0, 0.1) is 5.41 Å². The van der Waals surface area contributed by atoms with Crippen LogP contribution in [-0.4, -0.2) is 43.9 Å². The molecule has 1 saturated heterocycles. The second-order valence-corrected chi connectivity index (χ2v) is 8.65. The minimum absolute atomic E-state index is 0.0126. The number of fused-ring (bicyclic) bond motifs is 3. The van der Waals surface area contributed by atoms with Gasteiger partial charge < -0.3 is 9.64 Å². The zero-order valence-corrected chi connectivity index (χ0v) is 16.0. The summed E-state index contributed by atoms with van der Waals surface area (Å²) in [6.07, 6.45) is 0.0575. The van der Waals surface area contributed by atoms with Gasteiger partial charge in [-0.05, 0) is 27.7 Å². The average molecular weight is 347 g/mol. The quantitative estimate of drug-likeness (QED) is 0.742. The monoisotopic (exact) mass is 347 g/mol. The van der Waals surface area contributed by atoms with E-state index >= 15 is 0 Å². The van der Waals surface area contributed by atoms with Gasteiger partial charge in [0.25, 0.3) is 0 Å². The smallest absolute Gasteiger partial charge is 0.234 e. The summed E-state index contributed by atoms with van der Waals surface area (Å²) in [6, 6.07) is 16.7. The number of nitrogens with zero attached hydrogens (tertiary/aromatic N) is 1. The molecule has 2 unspecified atom stereocenters. The van der Waals surface area contributed by atoms with Crippen LogP contribution in [0.3, 0.4) is 0 Å². The summed E-state index contributed by atoms with van der Waals surface area (Å²) in [7, 11) is 2.06. The van der Waals surface area contributed by atoms with Crippen molar-refractivity contribution in [2.45, 2.75) is 38.8 Å². The Hall–Kier alpha value is -2.07. The number of carbonyl (C=O) groups excluding carboxylic acids is 1. The highest BCUT2D eigenvalue weighted by atomic mass is 16.5. The molecule has 2 atom stereocenters. The zero-order chi connectivity index (χ0) is 18.5. The number of morpholine rings is 1. The Morgan fingerprint density at radius 2 is 1.54 bits per heavy atom. The lowest BCUT2D eigenvalue weighted by Gasteiger charge is -2.43. The van der Waals surface area contributed by atoms with Crippen molar-refractivity contribution in [1.82, 2.24) is 4.90 Å². The number of benzene rings is 2. The molecular weight excluding hydrogens is 321 g/mol. The summed E-state index contributed by atoms with van der Waals surface area (Å²) in [5, 5.41) is 0. The van der Waals surface area contributed by atoms with E-state index in [1.165, 1.54) is 11.1 Å². The first kappa shape index (κ1) is 17.4. The number of ether oxygens (including phenoxy) is 1. The van der Waals surface area contributed by atoms with Gasteiger partial charge in [-0.1, -0.05) is 69.3 Å². The average Bonchev–Trinajstić information content (AvgIpc) is 2.94. The normalized spacial score (nSPS) is 22.8. The Morgan fingerprint density at radius 3 is 2.08 bits per heavy atom. The summed E-state index contributed by atoms with van der Waals surface area (Å²) in [5.74, 6) is 0.000110. The van der Waals surface area contributed by atoms with Gasteiger partial charge in [-0.15, -0.1) is 0 Å². The van der Waals surface area contributed by atoms with Crippen molar-refractivity contribution in [3.8, 4) is 11.1 Å². The predicted molar refractivity (Wildman–Crippen MR) is 107 cm³/mol. The van der Waals surface area contributed by atoms with E-state index in [0.717, 1.165) is 11.1 Å². The highest BCUT2D eigenvalue weighted by Crippen LogP contribution is 2.45. The van der Waals surface area contributed by atoms with Crippen LogP contribution in [0.25, 0.3) is 11.1 Å². The minimum atomic E-state index is -0.201. The van der Waals surface area contributed by atoms with E-state index in [1.807, 2.05) is 17.0 Å². The van der Waals surface area contributed by atoms with E-state index in [0.29, 0.717) is 13.1 Å². The van der Waals surface area contributed by atoms with E-state index in [1.54, 1.807) is 0 Å². The molecule has 4 rings (SSSR count). The topological polar surface area (TPSA) is 29.5 Å². The molecule has 0 N–H and O–H groups in total. The molecule has 1 fully saturated rings. The molecule has 2 aromatic carbocycles. The molecule has 0 saturated carbocycles. The Kier molecular flexibility index (Phi) is 4.19. The number of amides is 1. The molecule has 4 heteroatoms. The largest absolute Gasteiger partial charge is 0.380 e. The second-order valence-electron chi connectivity index (χ2n) is 8.65. The van der Waals surface area contributed by atoms with E-state index < -0.39 is 0 Å². The van der Waals surface area contributed by atoms with Gasteiger partial charge in [-0.25, -0.2) is 0 Å². The fourth-order valence-corrected chi connectivity index (χ4v) is 4.21. The van der Waals surface area contributed by atoms with Crippen molar-refractivity contribution in [2.75, 3.05) is 13.1 Å². The summed E-state index contributed by atoms with van der Waals surface area (Å²) < 4.78 is 6.14. The van der Waals surface area contributed by atoms with Crippen molar-refractivity contribution < 1.29 is 9.53 Å². The van der Waals surface area contributed by atoms with E-state index in [2.05, 4.69) is 65.0 Å². The number of rotatable bonds is 1. The highest BCUT2D eigenvalue weighted by Gasteiger charge is 2.40. The molecule has 0 spiro atoms. The molecule has 0 bridgehead atoms. The first-order valence-electron chi connectivity index (χ1n) is 9.48. The molecule has 3 nitrogen and oxygen atoms in total. The number of carbonyl (C=O) groups is 1. The fraction of sp³-hybridized carbons (Fsp3) is 0.409. The second kappa shape index (κ2) is 6.28. The third-order valence-electron chi connectivity index (χ3n) is 5.62. The van der Waals surface area contributed by atoms with Crippen LogP contribution in [0.1, 0.15) is 37.8 Å². The molecule has 134 valence electrons. The van der Waals surface area contributed by atoms with Crippen LogP contribution in [0.5, 0.6) is 0 Å². The fourth-order valence-electron chi connectivity index (χ4n) is 4.21. The minimum Gasteiger partial charge on any atom is -0.380 e. The molecule has 1 amide bonds. The van der Waals surface area contributed by atoms with Gasteiger partial charge in [0, 0.05) is 19.1 Å². The molecule has 0 radical (unpaired) electrons. The van der Waals surface area contributed by atoms with Crippen molar-refractivity contribution in [3.63, 3.8) is 0 Å². The Balaban J connectivity index is 1.70. The van der Waals surface area contributed by atoms with Crippen molar-refractivity contribution in [3.05, 3.63) is 59.7 Å². The lowest BCUT2D eigenvalue weighted by atomic mass is 9.85. The maximum Gasteiger partial charge on any atom is 0.234 e. The lowest BCUT2D eigenvalue weighted by molar-refractivity contribution is -0.147. The maximum atomic E-state index is 13.6. The number of hydrogen-bond donors (Lipinski definition) is 0. The van der Waals surface area contributed by atoms with Gasteiger partial charge in [-0.3, -0.25) is 4.79 Å². The van der Waals surface area contributed by atoms with Gasteiger partial charge in [0.05, 0.1) is 12.0 Å². The van der Waals surface area contributed by atoms with Crippen molar-refractivity contribution in [1.29, 1.82) is 0 Å². The standard InChI is InChI=1S/C22H26BNO2/c1-22(2,3)18-12-24(13-19(23)26-18)21(25)20-16-10-6-4-8-14(16)15-9-5-7-11-17(15)20/h4-11,18-20H,12-13,23H2,1-3H3. The summed E-state index contributed by atoms with van der Waals surface area (Å²) in [6.45, 7) is 7.86. The lowest BCUT2D eigenvalue weighted by Crippen LogP contribution is -2.55. The summed E-state index contributed by atoms with van der Waals surface area (Å²) in [4.78, 5) is 15.6. The molecule has 0 aromatic heterocycles. The molecule has 2 aromatic rings. The molecule has 1 aliphatic heterocycles. The SMILES string of the molecule is BC1CN(C(=O)C2c3ccccc3-c3ccccc32)CC(C(C)(C)C)O1. The van der Waals surface area contributed by atoms with E-state index in [9.17, 15) is 4.79 Å². The Morgan fingerprint density at radius 1 is 1.00 bits per heavy atom. The highest BCUT2D eigenvalue weighted by molar-refractivity contribution is 6.11. The van der Waals surface area contributed by atoms with Gasteiger partial charge in [0.1, 0.15) is 7.85 Å². The zero-order valence-electron chi connectivity index (χ0n) is 16.0. The van der Waals surface area contributed by atoms with Crippen LogP contribution < -0.4 is 0 Å². The third-order valence-corrected chi connectivity index (χ3v) is 5.62. The summed E-state index contributed by atoms with van der Waals surface area (Å²) >= 11 is 0. The molecule has 1 aliphatic carbocycles. The molecule has 1 heterocycles. The predicted octanol–water partition coefficient (Wildman–Crippen LogP) is 3.03. The maximum absolute atomic E-state index is 13.6. The van der Waals surface area contributed by atoms with Crippen molar-refractivity contribution >= 4 is 13.8 Å².